The van der Waals surface area contributed by atoms with E-state index < -0.39 is 0 Å². The number of nitrogens with two attached hydrogens (primary N) is 1. The van der Waals surface area contributed by atoms with Crippen molar-refractivity contribution in [3.8, 4) is 5.75 Å². The van der Waals surface area contributed by atoms with E-state index in [1.165, 1.54) is 6.07 Å². The van der Waals surface area contributed by atoms with Crippen molar-refractivity contribution in [3.05, 3.63) is 29.6 Å². The molecule has 3 atom stereocenters. The van der Waals surface area contributed by atoms with Crippen LogP contribution < -0.4 is 21.3 Å². The Balaban J connectivity index is 2.20. The number of hydrogen-bond acceptors (Lipinski definition) is 4. The van der Waals surface area contributed by atoms with Gasteiger partial charge in [0.1, 0.15) is 0 Å². The third-order valence-corrected chi connectivity index (χ3v) is 3.04. The molecule has 4 N–H and O–H groups in total. The average molecular weight is 239 g/mol. The highest BCUT2D eigenvalue weighted by Crippen LogP contribution is 2.26. The fraction of sp³-hybridized carbons (Fsp3) is 0.500. The first-order chi connectivity index (χ1) is 8.13. The van der Waals surface area contributed by atoms with Gasteiger partial charge in [0.25, 0.3) is 0 Å². The number of hydrogen-bond donors (Lipinski definition) is 3. The summed E-state index contributed by atoms with van der Waals surface area (Å²) in [5, 5.41) is 0. The first kappa shape index (κ1) is 12.3. The molecule has 4 nitrogen and oxygen atoms in total. The van der Waals surface area contributed by atoms with Crippen molar-refractivity contribution in [1.82, 2.24) is 10.9 Å². The molecular weight excluding hydrogens is 221 g/mol. The smallest absolute Gasteiger partial charge is 0.165 e. The van der Waals surface area contributed by atoms with Gasteiger partial charge in [0.15, 0.2) is 11.6 Å². The van der Waals surface area contributed by atoms with Crippen LogP contribution >= 0.6 is 0 Å². The standard InChI is InChI=1S/C12H18FN3O/c1-3-17-10-5-4-8(6-9(10)13)12-11(14)7(2)15-16-12/h4-7,11-12,15-16H,3,14H2,1-2H3. The van der Waals surface area contributed by atoms with Crippen LogP contribution in [0.5, 0.6) is 5.75 Å². The Labute approximate surface area is 100 Å². The topological polar surface area (TPSA) is 59.3 Å². The van der Waals surface area contributed by atoms with Crippen molar-refractivity contribution in [2.24, 2.45) is 5.73 Å². The molecule has 0 aliphatic carbocycles. The van der Waals surface area contributed by atoms with Crippen molar-refractivity contribution in [2.75, 3.05) is 6.61 Å². The zero-order chi connectivity index (χ0) is 12.4. The number of hydrazine groups is 1. The molecule has 0 amide bonds. The van der Waals surface area contributed by atoms with Gasteiger partial charge in [-0.3, -0.25) is 5.43 Å². The van der Waals surface area contributed by atoms with Gasteiger partial charge in [-0.05, 0) is 31.5 Å². The summed E-state index contributed by atoms with van der Waals surface area (Å²) >= 11 is 0. The quantitative estimate of drug-likeness (QED) is 0.739. The van der Waals surface area contributed by atoms with Crippen LogP contribution in [0.15, 0.2) is 18.2 Å². The van der Waals surface area contributed by atoms with Gasteiger partial charge in [-0.25, -0.2) is 9.82 Å². The summed E-state index contributed by atoms with van der Waals surface area (Å²) < 4.78 is 18.9. The molecular formula is C12H18FN3O. The molecule has 0 radical (unpaired) electrons. The van der Waals surface area contributed by atoms with Gasteiger partial charge in [0.2, 0.25) is 0 Å². The van der Waals surface area contributed by atoms with Gasteiger partial charge in [-0.2, -0.15) is 0 Å². The molecule has 0 bridgehead atoms. The van der Waals surface area contributed by atoms with Crippen LogP contribution in [0.3, 0.4) is 0 Å². The summed E-state index contributed by atoms with van der Waals surface area (Å²) in [6.07, 6.45) is 0. The summed E-state index contributed by atoms with van der Waals surface area (Å²) in [6, 6.07) is 4.97. The van der Waals surface area contributed by atoms with E-state index in [2.05, 4.69) is 10.9 Å². The molecule has 17 heavy (non-hydrogen) atoms. The van der Waals surface area contributed by atoms with Gasteiger partial charge in [-0.15, -0.1) is 0 Å². The monoisotopic (exact) mass is 239 g/mol. The Morgan fingerprint density at radius 2 is 2.18 bits per heavy atom. The van der Waals surface area contributed by atoms with Crippen LogP contribution in [0.2, 0.25) is 0 Å². The van der Waals surface area contributed by atoms with Gasteiger partial charge >= 0.3 is 0 Å². The fourth-order valence-electron chi connectivity index (χ4n) is 1.99. The van der Waals surface area contributed by atoms with Crippen LogP contribution in [0, 0.1) is 5.82 Å². The van der Waals surface area contributed by atoms with Crippen molar-refractivity contribution in [1.29, 1.82) is 0 Å². The zero-order valence-electron chi connectivity index (χ0n) is 10.0. The first-order valence-electron chi connectivity index (χ1n) is 5.82. The van der Waals surface area contributed by atoms with Gasteiger partial charge in [0, 0.05) is 12.1 Å². The molecule has 1 heterocycles. The van der Waals surface area contributed by atoms with E-state index in [4.69, 9.17) is 10.5 Å². The van der Waals surface area contributed by atoms with Crippen molar-refractivity contribution >= 4 is 0 Å². The zero-order valence-corrected chi connectivity index (χ0v) is 10.0. The largest absolute Gasteiger partial charge is 0.491 e. The minimum Gasteiger partial charge on any atom is -0.491 e. The van der Waals surface area contributed by atoms with E-state index in [9.17, 15) is 4.39 Å². The highest BCUT2D eigenvalue weighted by molar-refractivity contribution is 5.32. The minimum absolute atomic E-state index is 0.0739. The minimum atomic E-state index is -0.349. The number of ether oxygens (including phenoxy) is 1. The van der Waals surface area contributed by atoms with E-state index in [1.54, 1.807) is 6.07 Å². The highest BCUT2D eigenvalue weighted by Gasteiger charge is 2.31. The van der Waals surface area contributed by atoms with Crippen LogP contribution in [0.1, 0.15) is 25.5 Å². The van der Waals surface area contributed by atoms with E-state index in [-0.39, 0.29) is 29.7 Å². The highest BCUT2D eigenvalue weighted by atomic mass is 19.1. The fourth-order valence-corrected chi connectivity index (χ4v) is 1.99. The summed E-state index contributed by atoms with van der Waals surface area (Å²) in [6.45, 7) is 4.27. The van der Waals surface area contributed by atoms with Crippen LogP contribution in [0.25, 0.3) is 0 Å². The van der Waals surface area contributed by atoms with E-state index >= 15 is 0 Å². The summed E-state index contributed by atoms with van der Waals surface area (Å²) in [5.41, 5.74) is 13.0. The second-order valence-corrected chi connectivity index (χ2v) is 4.26. The molecule has 1 saturated heterocycles. The van der Waals surface area contributed by atoms with Crippen LogP contribution in [-0.2, 0) is 0 Å². The first-order valence-corrected chi connectivity index (χ1v) is 5.82. The van der Waals surface area contributed by atoms with Crippen molar-refractivity contribution in [3.63, 3.8) is 0 Å². The lowest BCUT2D eigenvalue weighted by Crippen LogP contribution is -2.35. The summed E-state index contributed by atoms with van der Waals surface area (Å²) in [5.74, 6) is -0.0678. The Bertz CT molecular complexity index is 399. The number of halogens is 1. The molecule has 1 fully saturated rings. The third-order valence-electron chi connectivity index (χ3n) is 3.04. The molecule has 1 aromatic rings. The van der Waals surface area contributed by atoms with Crippen molar-refractivity contribution in [2.45, 2.75) is 32.0 Å². The third kappa shape index (κ3) is 2.41. The maximum Gasteiger partial charge on any atom is 0.165 e. The molecule has 1 aliphatic heterocycles. The lowest BCUT2D eigenvalue weighted by Gasteiger charge is -2.17. The van der Waals surface area contributed by atoms with Crippen LogP contribution in [-0.4, -0.2) is 18.7 Å². The Morgan fingerprint density at radius 3 is 2.71 bits per heavy atom. The lowest BCUT2D eigenvalue weighted by molar-refractivity contribution is 0.321. The van der Waals surface area contributed by atoms with Gasteiger partial charge in [0.05, 0.1) is 12.6 Å². The molecule has 1 aromatic carbocycles. The molecule has 0 aromatic heterocycles. The number of benzene rings is 1. The Kier molecular flexibility index (Phi) is 3.61. The molecule has 5 heteroatoms. The molecule has 2 rings (SSSR count). The maximum absolute atomic E-state index is 13.7. The van der Waals surface area contributed by atoms with E-state index in [0.717, 1.165) is 5.56 Å². The molecule has 0 spiro atoms. The average Bonchev–Trinajstić information content (AvgIpc) is 2.63. The number of rotatable bonds is 3. The van der Waals surface area contributed by atoms with E-state index in [1.807, 2.05) is 19.9 Å². The Hall–Kier alpha value is -1.17. The maximum atomic E-state index is 13.7. The molecule has 0 saturated carbocycles. The predicted octanol–water partition coefficient (Wildman–Crippen LogP) is 1.09. The second-order valence-electron chi connectivity index (χ2n) is 4.26. The second kappa shape index (κ2) is 5.00. The number of nitrogens with one attached hydrogen (secondary N) is 2. The van der Waals surface area contributed by atoms with E-state index in [0.29, 0.717) is 6.61 Å². The molecule has 1 aliphatic rings. The van der Waals surface area contributed by atoms with Crippen LogP contribution in [0.4, 0.5) is 4.39 Å². The molecule has 3 unspecified atom stereocenters. The lowest BCUT2D eigenvalue weighted by atomic mass is 9.98. The van der Waals surface area contributed by atoms with Gasteiger partial charge in [-0.1, -0.05) is 6.07 Å². The molecule has 94 valence electrons. The normalized spacial score (nSPS) is 28.4. The summed E-state index contributed by atoms with van der Waals surface area (Å²) in [4.78, 5) is 0. The Morgan fingerprint density at radius 1 is 1.41 bits per heavy atom. The van der Waals surface area contributed by atoms with Crippen molar-refractivity contribution < 1.29 is 9.13 Å². The summed E-state index contributed by atoms with van der Waals surface area (Å²) in [7, 11) is 0. The predicted molar refractivity (Wildman–Crippen MR) is 64.0 cm³/mol. The van der Waals surface area contributed by atoms with Gasteiger partial charge < -0.3 is 10.5 Å². The SMILES string of the molecule is CCOc1ccc(C2NNC(C)C2N)cc1F.